The summed E-state index contributed by atoms with van der Waals surface area (Å²) in [4.78, 5) is 21.7. The van der Waals surface area contributed by atoms with E-state index in [1.54, 1.807) is 12.3 Å². The predicted molar refractivity (Wildman–Crippen MR) is 63.1 cm³/mol. The van der Waals surface area contributed by atoms with Crippen LogP contribution in [-0.2, 0) is 5.75 Å². The Morgan fingerprint density at radius 1 is 1.31 bits per heavy atom. The Balaban J connectivity index is 2.02. The van der Waals surface area contributed by atoms with Crippen molar-refractivity contribution in [1.29, 1.82) is 0 Å². The summed E-state index contributed by atoms with van der Waals surface area (Å²) in [5.74, 6) is 1.19. The molecule has 0 bridgehead atoms. The fourth-order valence-corrected chi connectivity index (χ4v) is 1.88. The number of nitrogens with one attached hydrogen (secondary N) is 1. The van der Waals surface area contributed by atoms with E-state index in [0.29, 0.717) is 16.7 Å². The van der Waals surface area contributed by atoms with Crippen molar-refractivity contribution in [2.24, 2.45) is 0 Å². The van der Waals surface area contributed by atoms with Crippen molar-refractivity contribution in [3.05, 3.63) is 46.5 Å². The van der Waals surface area contributed by atoms with Crippen LogP contribution in [0.5, 0.6) is 0 Å². The summed E-state index contributed by atoms with van der Waals surface area (Å²) in [7, 11) is 0. The largest absolute Gasteiger partial charge is 0.384 e. The Hall–Kier alpha value is -1.82. The molecule has 0 radical (unpaired) electrons. The highest BCUT2D eigenvalue weighted by molar-refractivity contribution is 7.98. The van der Waals surface area contributed by atoms with E-state index in [4.69, 9.17) is 5.73 Å². The number of rotatable bonds is 3. The molecule has 3 N–H and O–H groups in total. The van der Waals surface area contributed by atoms with Gasteiger partial charge in [-0.2, -0.15) is 0 Å². The lowest BCUT2D eigenvalue weighted by Gasteiger charge is -2.00. The second-order valence-electron chi connectivity index (χ2n) is 3.12. The van der Waals surface area contributed by atoms with E-state index in [9.17, 15) is 4.79 Å². The number of hydrogen-bond acceptors (Lipinski definition) is 5. The monoisotopic (exact) mass is 234 g/mol. The Morgan fingerprint density at radius 3 is 2.88 bits per heavy atom. The summed E-state index contributed by atoms with van der Waals surface area (Å²) in [5, 5.41) is 0.601. The lowest BCUT2D eigenvalue weighted by atomic mass is 10.3. The zero-order valence-electron chi connectivity index (χ0n) is 8.38. The first-order chi connectivity index (χ1) is 7.74. The summed E-state index contributed by atoms with van der Waals surface area (Å²) in [6.45, 7) is 0. The Kier molecular flexibility index (Phi) is 3.21. The van der Waals surface area contributed by atoms with Gasteiger partial charge >= 0.3 is 0 Å². The van der Waals surface area contributed by atoms with Gasteiger partial charge in [0, 0.05) is 24.2 Å². The number of nitrogens with two attached hydrogens (primary N) is 1. The van der Waals surface area contributed by atoms with Crippen LogP contribution in [0.2, 0.25) is 0 Å². The van der Waals surface area contributed by atoms with Gasteiger partial charge in [-0.15, -0.1) is 0 Å². The third kappa shape index (κ3) is 2.83. The molecule has 2 rings (SSSR count). The molecule has 0 atom stereocenters. The van der Waals surface area contributed by atoms with Crippen molar-refractivity contribution in [3.63, 3.8) is 0 Å². The van der Waals surface area contributed by atoms with E-state index < -0.39 is 0 Å². The molecule has 16 heavy (non-hydrogen) atoms. The second-order valence-corrected chi connectivity index (χ2v) is 4.08. The van der Waals surface area contributed by atoms with E-state index in [-0.39, 0.29) is 5.56 Å². The van der Waals surface area contributed by atoms with E-state index in [1.807, 2.05) is 6.07 Å². The maximum absolute atomic E-state index is 11.0. The summed E-state index contributed by atoms with van der Waals surface area (Å²) < 4.78 is 0. The fraction of sp³-hybridized carbons (Fsp3) is 0.100. The van der Waals surface area contributed by atoms with Crippen LogP contribution in [0.25, 0.3) is 0 Å². The van der Waals surface area contributed by atoms with Crippen molar-refractivity contribution in [2.75, 3.05) is 5.73 Å². The number of nitrogen functional groups attached to an aromatic ring is 1. The first-order valence-electron chi connectivity index (χ1n) is 4.62. The topological polar surface area (TPSA) is 84.7 Å². The van der Waals surface area contributed by atoms with Crippen molar-refractivity contribution in [2.45, 2.75) is 10.9 Å². The number of nitrogens with zero attached hydrogens (tertiary/aromatic N) is 2. The number of aromatic amines is 1. The van der Waals surface area contributed by atoms with Gasteiger partial charge in [-0.25, -0.2) is 9.97 Å². The Bertz CT molecular complexity index is 523. The molecule has 82 valence electrons. The maximum Gasteiger partial charge on any atom is 0.251 e. The van der Waals surface area contributed by atoms with Crippen LogP contribution in [0.3, 0.4) is 0 Å². The van der Waals surface area contributed by atoms with Crippen LogP contribution >= 0.6 is 11.8 Å². The number of aromatic nitrogens is 3. The van der Waals surface area contributed by atoms with Crippen molar-refractivity contribution < 1.29 is 0 Å². The predicted octanol–water partition coefficient (Wildman–Crippen LogP) is 1.04. The molecule has 0 aromatic carbocycles. The highest BCUT2D eigenvalue weighted by Crippen LogP contribution is 2.17. The number of anilines is 1. The van der Waals surface area contributed by atoms with Crippen LogP contribution in [-0.4, -0.2) is 15.0 Å². The summed E-state index contributed by atoms with van der Waals surface area (Å²) in [6.07, 6.45) is 3.20. The zero-order chi connectivity index (χ0) is 11.4. The smallest absolute Gasteiger partial charge is 0.251 e. The first kappa shape index (κ1) is 10.7. The maximum atomic E-state index is 11.0. The highest BCUT2D eigenvalue weighted by Gasteiger charge is 1.98. The number of pyridine rings is 1. The molecule has 0 saturated carbocycles. The molecule has 0 saturated heterocycles. The number of H-pyrrole nitrogens is 1. The van der Waals surface area contributed by atoms with Crippen LogP contribution in [0, 0.1) is 0 Å². The van der Waals surface area contributed by atoms with Crippen LogP contribution in [0.15, 0.2) is 40.5 Å². The van der Waals surface area contributed by atoms with Gasteiger partial charge in [0.15, 0.2) is 5.16 Å². The molecule has 6 heteroatoms. The van der Waals surface area contributed by atoms with E-state index in [0.717, 1.165) is 5.56 Å². The van der Waals surface area contributed by atoms with Crippen LogP contribution < -0.4 is 11.3 Å². The lowest BCUT2D eigenvalue weighted by molar-refractivity contribution is 0.936. The average molecular weight is 234 g/mol. The molecule has 0 aliphatic carbocycles. The summed E-state index contributed by atoms with van der Waals surface area (Å²) >= 11 is 1.45. The van der Waals surface area contributed by atoms with Gasteiger partial charge in [0.25, 0.3) is 5.56 Å². The standard InChI is InChI=1S/C10H10N4OS/c11-8-2-1-7(5-13-8)6-16-10-12-4-3-9(15)14-10/h1-5H,6H2,(H2,11,13)(H,12,14,15). The van der Waals surface area contributed by atoms with Gasteiger partial charge in [0.2, 0.25) is 0 Å². The van der Waals surface area contributed by atoms with Crippen molar-refractivity contribution in [3.8, 4) is 0 Å². The third-order valence-corrected chi connectivity index (χ3v) is 2.83. The fourth-order valence-electron chi connectivity index (χ4n) is 1.10. The summed E-state index contributed by atoms with van der Waals surface area (Å²) in [6, 6.07) is 5.03. The number of thioether (sulfide) groups is 1. The first-order valence-corrected chi connectivity index (χ1v) is 5.61. The highest BCUT2D eigenvalue weighted by atomic mass is 32.2. The van der Waals surface area contributed by atoms with E-state index >= 15 is 0 Å². The normalized spacial score (nSPS) is 10.2. The van der Waals surface area contributed by atoms with Gasteiger partial charge in [-0.1, -0.05) is 17.8 Å². The molecule has 0 fully saturated rings. The quantitative estimate of drug-likeness (QED) is 0.612. The molecule has 5 nitrogen and oxygen atoms in total. The molecule has 2 aromatic heterocycles. The molecule has 0 unspecified atom stereocenters. The van der Waals surface area contributed by atoms with Crippen molar-refractivity contribution >= 4 is 17.6 Å². The molecule has 2 aromatic rings. The minimum atomic E-state index is -0.145. The molecular formula is C10H10N4OS. The van der Waals surface area contributed by atoms with E-state index in [1.165, 1.54) is 24.0 Å². The lowest BCUT2D eigenvalue weighted by Crippen LogP contribution is -2.05. The minimum absolute atomic E-state index is 0.145. The second kappa shape index (κ2) is 4.80. The van der Waals surface area contributed by atoms with Gasteiger partial charge in [-0.05, 0) is 11.6 Å². The zero-order valence-corrected chi connectivity index (χ0v) is 9.20. The number of hydrogen-bond donors (Lipinski definition) is 2. The Labute approximate surface area is 96.1 Å². The molecule has 0 spiro atoms. The van der Waals surface area contributed by atoms with E-state index in [2.05, 4.69) is 15.0 Å². The van der Waals surface area contributed by atoms with Gasteiger partial charge < -0.3 is 10.7 Å². The SMILES string of the molecule is Nc1ccc(CSc2nccc(=O)[nH]2)cn1. The molecular weight excluding hydrogens is 224 g/mol. The molecule has 0 aliphatic heterocycles. The van der Waals surface area contributed by atoms with Gasteiger partial charge in [0.05, 0.1) is 0 Å². The summed E-state index contributed by atoms with van der Waals surface area (Å²) in [5.41, 5.74) is 6.36. The average Bonchev–Trinajstić information content (AvgIpc) is 2.28. The molecule has 2 heterocycles. The minimum Gasteiger partial charge on any atom is -0.384 e. The molecule has 0 aliphatic rings. The molecule has 0 amide bonds. The third-order valence-electron chi connectivity index (χ3n) is 1.87. The van der Waals surface area contributed by atoms with Crippen LogP contribution in [0.1, 0.15) is 5.56 Å². The van der Waals surface area contributed by atoms with Crippen LogP contribution in [0.4, 0.5) is 5.82 Å². The van der Waals surface area contributed by atoms with Crippen molar-refractivity contribution in [1.82, 2.24) is 15.0 Å². The van der Waals surface area contributed by atoms with Gasteiger partial charge in [0.1, 0.15) is 5.82 Å². The van der Waals surface area contributed by atoms with Gasteiger partial charge in [-0.3, -0.25) is 4.79 Å². The Morgan fingerprint density at radius 2 is 2.19 bits per heavy atom.